The molecule has 0 amide bonds. The van der Waals surface area contributed by atoms with E-state index in [2.05, 4.69) is 42.3 Å². The third-order valence-corrected chi connectivity index (χ3v) is 5.89. The summed E-state index contributed by atoms with van der Waals surface area (Å²) in [7, 11) is 0. The third kappa shape index (κ3) is 1.61. The molecule has 1 aliphatic carbocycles. The van der Waals surface area contributed by atoms with Gasteiger partial charge in [-0.15, -0.1) is 0 Å². The van der Waals surface area contributed by atoms with Gasteiger partial charge in [0.25, 0.3) is 0 Å². The number of para-hydroxylation sites is 1. The molecule has 0 aliphatic heterocycles. The van der Waals surface area contributed by atoms with Gasteiger partial charge in [-0.2, -0.15) is 4.79 Å². The summed E-state index contributed by atoms with van der Waals surface area (Å²) in [5, 5.41) is 3.96. The van der Waals surface area contributed by atoms with E-state index >= 15 is 4.48 Å². The Bertz CT molecular complexity index is 1380. The fourth-order valence-electron chi connectivity index (χ4n) is 4.62. The molecule has 2 aromatic heterocycles. The number of halogens is 1. The number of allylic oxidation sites excluding steroid dienone is 1. The number of H-pyrrole nitrogens is 1. The normalized spacial score (nSPS) is 16.9. The van der Waals surface area contributed by atoms with Gasteiger partial charge in [-0.05, 0) is 36.1 Å². The highest BCUT2D eigenvalue weighted by molar-refractivity contribution is 6.25. The van der Waals surface area contributed by atoms with E-state index in [-0.39, 0.29) is 0 Å². The van der Waals surface area contributed by atoms with Gasteiger partial charge in [0.05, 0.1) is 16.6 Å². The van der Waals surface area contributed by atoms with Crippen molar-refractivity contribution in [3.05, 3.63) is 65.7 Å². The highest BCUT2D eigenvalue weighted by Crippen LogP contribution is 2.41. The molecule has 2 heterocycles. The van der Waals surface area contributed by atoms with Gasteiger partial charge in [-0.25, -0.2) is 0 Å². The van der Waals surface area contributed by atoms with Crippen molar-refractivity contribution < 1.29 is 4.48 Å². The molecule has 2 nitrogen and oxygen atoms in total. The van der Waals surface area contributed by atoms with E-state index in [4.69, 9.17) is 0 Å². The van der Waals surface area contributed by atoms with Crippen molar-refractivity contribution in [2.45, 2.75) is 19.3 Å². The molecule has 1 N–H and O–H groups in total. The van der Waals surface area contributed by atoms with Crippen molar-refractivity contribution in [1.82, 2.24) is 9.77 Å². The Labute approximate surface area is 149 Å². The van der Waals surface area contributed by atoms with Gasteiger partial charge < -0.3 is 4.98 Å². The molecule has 3 aromatic carbocycles. The second-order valence-electron chi connectivity index (χ2n) is 7.34. The van der Waals surface area contributed by atoms with Crippen molar-refractivity contribution in [3.63, 3.8) is 0 Å². The van der Waals surface area contributed by atoms with Crippen molar-refractivity contribution in [1.29, 1.82) is 0 Å². The predicted molar refractivity (Wildman–Crippen MR) is 107 cm³/mol. The van der Waals surface area contributed by atoms with Crippen LogP contribution in [-0.4, -0.2) is 9.77 Å². The maximum atomic E-state index is 15.3. The van der Waals surface area contributed by atoms with E-state index in [1.807, 2.05) is 30.3 Å². The molecular weight excluding hydrogens is 323 g/mol. The standard InChI is InChI=1S/C23H17FN2/c1-13-5-4-7-16-14(13)9-10-18-21-19(25-22(16)18)12-11-17-15-6-2-3-8-20(15)26(24)23(17)21/h2-4,6-13,25H,5H2,1H3. The lowest BCUT2D eigenvalue weighted by atomic mass is 9.87. The summed E-state index contributed by atoms with van der Waals surface area (Å²) in [6.07, 6.45) is 5.51. The van der Waals surface area contributed by atoms with Gasteiger partial charge in [0.15, 0.2) is 0 Å². The lowest BCUT2D eigenvalue weighted by molar-refractivity contribution is 0.406. The Hall–Kier alpha value is -3.07. The van der Waals surface area contributed by atoms with Crippen LogP contribution in [0.1, 0.15) is 30.4 Å². The number of benzene rings is 3. The van der Waals surface area contributed by atoms with E-state index in [1.54, 1.807) is 0 Å². The number of rotatable bonds is 0. The van der Waals surface area contributed by atoms with E-state index in [0.29, 0.717) is 17.0 Å². The minimum atomic E-state index is 0.512. The highest BCUT2D eigenvalue weighted by Gasteiger charge is 2.20. The lowest BCUT2D eigenvalue weighted by Gasteiger charge is -2.18. The van der Waals surface area contributed by atoms with E-state index in [9.17, 15) is 0 Å². The van der Waals surface area contributed by atoms with Crippen LogP contribution in [0.3, 0.4) is 0 Å². The molecule has 0 fully saturated rings. The number of aromatic nitrogens is 2. The van der Waals surface area contributed by atoms with Crippen molar-refractivity contribution >= 4 is 49.7 Å². The first-order chi connectivity index (χ1) is 12.7. The number of aromatic amines is 1. The van der Waals surface area contributed by atoms with Crippen LogP contribution < -0.4 is 0 Å². The van der Waals surface area contributed by atoms with E-state index in [1.165, 1.54) is 11.1 Å². The van der Waals surface area contributed by atoms with Crippen LogP contribution in [0.25, 0.3) is 49.7 Å². The molecule has 0 saturated carbocycles. The van der Waals surface area contributed by atoms with Gasteiger partial charge in [0, 0.05) is 32.6 Å². The molecular formula is C23H17FN2. The largest absolute Gasteiger partial charge is 0.354 e. The monoisotopic (exact) mass is 340 g/mol. The molecule has 1 unspecified atom stereocenters. The van der Waals surface area contributed by atoms with Crippen LogP contribution in [0.5, 0.6) is 0 Å². The molecule has 0 spiro atoms. The van der Waals surface area contributed by atoms with Crippen LogP contribution in [-0.2, 0) is 0 Å². The second-order valence-corrected chi connectivity index (χ2v) is 7.34. The molecule has 0 radical (unpaired) electrons. The fourth-order valence-corrected chi connectivity index (χ4v) is 4.62. The summed E-state index contributed by atoms with van der Waals surface area (Å²) in [4.78, 5) is 4.40. The number of fused-ring (bicyclic) bond motifs is 9. The zero-order valence-corrected chi connectivity index (χ0v) is 14.4. The van der Waals surface area contributed by atoms with E-state index in [0.717, 1.165) is 43.8 Å². The summed E-state index contributed by atoms with van der Waals surface area (Å²) >= 11 is 0. The molecule has 0 saturated heterocycles. The SMILES string of the molecule is CC1CC=Cc2c1ccc1c2[nH]c2ccc3c4ccccc4n(F)c3c21. The first kappa shape index (κ1) is 14.1. The van der Waals surface area contributed by atoms with Crippen LogP contribution >= 0.6 is 0 Å². The van der Waals surface area contributed by atoms with Crippen molar-refractivity contribution in [2.75, 3.05) is 0 Å². The summed E-state index contributed by atoms with van der Waals surface area (Å²) in [5.74, 6) is 0.512. The van der Waals surface area contributed by atoms with Crippen LogP contribution in [0.2, 0.25) is 0 Å². The van der Waals surface area contributed by atoms with Gasteiger partial charge in [0.1, 0.15) is 0 Å². The minimum absolute atomic E-state index is 0.512. The van der Waals surface area contributed by atoms with Gasteiger partial charge >= 0.3 is 0 Å². The zero-order chi connectivity index (χ0) is 17.4. The topological polar surface area (TPSA) is 20.7 Å². The minimum Gasteiger partial charge on any atom is -0.354 e. The first-order valence-corrected chi connectivity index (χ1v) is 9.07. The second kappa shape index (κ2) is 4.76. The Balaban J connectivity index is 1.86. The Morgan fingerprint density at radius 1 is 1.00 bits per heavy atom. The van der Waals surface area contributed by atoms with Gasteiger partial charge in [-0.1, -0.05) is 53.9 Å². The van der Waals surface area contributed by atoms with E-state index < -0.39 is 0 Å². The molecule has 126 valence electrons. The summed E-state index contributed by atoms with van der Waals surface area (Å²) in [5.41, 5.74) is 5.97. The zero-order valence-electron chi connectivity index (χ0n) is 14.4. The maximum absolute atomic E-state index is 15.3. The maximum Gasteiger partial charge on any atom is 0.0926 e. The van der Waals surface area contributed by atoms with Crippen molar-refractivity contribution in [3.8, 4) is 0 Å². The van der Waals surface area contributed by atoms with Gasteiger partial charge in [-0.3, -0.25) is 0 Å². The average molecular weight is 340 g/mol. The summed E-state index contributed by atoms with van der Waals surface area (Å²) < 4.78 is 15.3. The smallest absolute Gasteiger partial charge is 0.0926 e. The summed E-state index contributed by atoms with van der Waals surface area (Å²) in [6, 6.07) is 16.1. The average Bonchev–Trinajstić information content (AvgIpc) is 3.18. The highest BCUT2D eigenvalue weighted by atomic mass is 19.2. The quantitative estimate of drug-likeness (QED) is 0.324. The van der Waals surface area contributed by atoms with Crippen molar-refractivity contribution in [2.24, 2.45) is 0 Å². The molecule has 1 atom stereocenters. The van der Waals surface area contributed by atoms with Crippen LogP contribution in [0, 0.1) is 0 Å². The number of hydrogen-bond donors (Lipinski definition) is 1. The Kier molecular flexibility index (Phi) is 2.59. The van der Waals surface area contributed by atoms with Crippen LogP contribution in [0.15, 0.2) is 54.6 Å². The molecule has 26 heavy (non-hydrogen) atoms. The first-order valence-electron chi connectivity index (χ1n) is 9.07. The molecule has 1 aliphatic rings. The third-order valence-electron chi connectivity index (χ3n) is 5.89. The molecule has 3 heteroatoms. The number of nitrogens with zero attached hydrogens (tertiary/aromatic N) is 1. The fraction of sp³-hybridized carbons (Fsp3) is 0.130. The van der Waals surface area contributed by atoms with Gasteiger partial charge in [0.2, 0.25) is 0 Å². The Morgan fingerprint density at radius 2 is 1.85 bits per heavy atom. The number of nitrogens with one attached hydrogen (secondary N) is 1. The Morgan fingerprint density at radius 3 is 2.77 bits per heavy atom. The molecule has 6 rings (SSSR count). The molecule has 5 aromatic rings. The summed E-state index contributed by atoms with van der Waals surface area (Å²) in [6.45, 7) is 2.26. The van der Waals surface area contributed by atoms with Crippen LogP contribution in [0.4, 0.5) is 4.48 Å². The lowest BCUT2D eigenvalue weighted by Crippen LogP contribution is -2.00. The predicted octanol–water partition coefficient (Wildman–Crippen LogP) is 6.68. The molecule has 0 bridgehead atoms. The number of hydrogen-bond acceptors (Lipinski definition) is 0.